The molecule has 0 aliphatic rings. The second-order valence-corrected chi connectivity index (χ2v) is 13.7. The van der Waals surface area contributed by atoms with E-state index in [2.05, 4.69) is 89.1 Å². The maximum atomic E-state index is 5.71. The summed E-state index contributed by atoms with van der Waals surface area (Å²) in [6.45, 7) is 14.1. The number of nitrogen functional groups attached to an aromatic ring is 1. The molecule has 0 heterocycles. The summed E-state index contributed by atoms with van der Waals surface area (Å²) in [6, 6.07) is 15.9. The molecule has 0 saturated heterocycles. The van der Waals surface area contributed by atoms with E-state index in [0.717, 1.165) is 22.4 Å². The molecular formula is C25H31NSi. The first-order valence-corrected chi connectivity index (χ1v) is 12.0. The lowest BCUT2D eigenvalue weighted by atomic mass is 10.1. The summed E-state index contributed by atoms with van der Waals surface area (Å²) in [4.78, 5) is 0. The number of rotatable bonds is 3. The molecule has 2 aromatic rings. The fraction of sp³-hybridized carbons (Fsp3) is 0.360. The number of hydrogen-bond acceptors (Lipinski definition) is 1. The van der Waals surface area contributed by atoms with Crippen molar-refractivity contribution in [3.8, 4) is 23.3 Å². The Bertz CT molecular complexity index is 845. The van der Waals surface area contributed by atoms with Crippen molar-refractivity contribution in [2.75, 3.05) is 5.73 Å². The van der Waals surface area contributed by atoms with Crippen LogP contribution in [0.3, 0.4) is 0 Å². The normalized spacial score (nSPS) is 11.1. The molecule has 0 aromatic heterocycles. The van der Waals surface area contributed by atoms with Gasteiger partial charge in [-0.25, -0.2) is 0 Å². The largest absolute Gasteiger partial charge is 0.399 e. The standard InChI is InChI=1S/C25H31NSi/c1-19(2)27(20(3)4,21(5)6)18-17-24-11-9-22(10-12-24)7-8-23-13-15-25(26)16-14-23/h9-16,19-21H,26H2,1-6H3. The minimum atomic E-state index is -1.69. The SMILES string of the molecule is CC(C)[Si](C#Cc1ccc(C#Cc2ccc(N)cc2)cc1)(C(C)C)C(C)C. The zero-order valence-electron chi connectivity index (χ0n) is 17.4. The van der Waals surface area contributed by atoms with Crippen LogP contribution in [0.5, 0.6) is 0 Å². The van der Waals surface area contributed by atoms with Crippen LogP contribution in [0.25, 0.3) is 0 Å². The highest BCUT2D eigenvalue weighted by atomic mass is 28.3. The number of hydrogen-bond donors (Lipinski definition) is 1. The second-order valence-electron chi connectivity index (χ2n) is 8.10. The van der Waals surface area contributed by atoms with Crippen molar-refractivity contribution < 1.29 is 0 Å². The Morgan fingerprint density at radius 2 is 0.926 bits per heavy atom. The van der Waals surface area contributed by atoms with Crippen LogP contribution >= 0.6 is 0 Å². The molecule has 27 heavy (non-hydrogen) atoms. The predicted molar refractivity (Wildman–Crippen MR) is 121 cm³/mol. The Labute approximate surface area is 166 Å². The van der Waals surface area contributed by atoms with Gasteiger partial charge in [0.25, 0.3) is 0 Å². The van der Waals surface area contributed by atoms with Crippen molar-refractivity contribution in [3.63, 3.8) is 0 Å². The number of anilines is 1. The van der Waals surface area contributed by atoms with Gasteiger partial charge in [-0.05, 0) is 65.2 Å². The Hall–Kier alpha value is -2.42. The van der Waals surface area contributed by atoms with Gasteiger partial charge in [0.2, 0.25) is 0 Å². The van der Waals surface area contributed by atoms with Crippen molar-refractivity contribution in [3.05, 3.63) is 65.2 Å². The molecule has 1 nitrogen and oxygen atoms in total. The highest BCUT2D eigenvalue weighted by Gasteiger charge is 2.41. The molecule has 0 aliphatic carbocycles. The van der Waals surface area contributed by atoms with Crippen LogP contribution < -0.4 is 5.73 Å². The maximum Gasteiger partial charge on any atom is 0.146 e. The molecule has 2 aromatic carbocycles. The highest BCUT2D eigenvalue weighted by Crippen LogP contribution is 2.40. The lowest BCUT2D eigenvalue weighted by molar-refractivity contribution is 0.838. The van der Waals surface area contributed by atoms with Crippen LogP contribution in [-0.2, 0) is 0 Å². The third-order valence-electron chi connectivity index (χ3n) is 5.44. The third kappa shape index (κ3) is 5.06. The quantitative estimate of drug-likeness (QED) is 0.385. The summed E-state index contributed by atoms with van der Waals surface area (Å²) in [7, 11) is -1.69. The van der Waals surface area contributed by atoms with E-state index < -0.39 is 8.07 Å². The molecule has 0 saturated carbocycles. The fourth-order valence-electron chi connectivity index (χ4n) is 3.96. The Morgan fingerprint density at radius 1 is 0.593 bits per heavy atom. The average Bonchev–Trinajstić information content (AvgIpc) is 2.62. The fourth-order valence-corrected chi connectivity index (χ4v) is 9.19. The van der Waals surface area contributed by atoms with Gasteiger partial charge < -0.3 is 5.73 Å². The summed E-state index contributed by atoms with van der Waals surface area (Å²) < 4.78 is 0. The van der Waals surface area contributed by atoms with Crippen LogP contribution in [0.4, 0.5) is 5.69 Å². The van der Waals surface area contributed by atoms with Gasteiger partial charge in [0, 0.05) is 22.4 Å². The second kappa shape index (κ2) is 8.98. The molecule has 0 atom stereocenters. The minimum Gasteiger partial charge on any atom is -0.399 e. The lowest BCUT2D eigenvalue weighted by Gasteiger charge is -2.38. The van der Waals surface area contributed by atoms with Gasteiger partial charge in [0.05, 0.1) is 0 Å². The highest BCUT2D eigenvalue weighted by molar-refractivity contribution is 6.90. The Balaban J connectivity index is 2.24. The van der Waals surface area contributed by atoms with E-state index in [4.69, 9.17) is 5.73 Å². The predicted octanol–water partition coefficient (Wildman–Crippen LogP) is 6.24. The van der Waals surface area contributed by atoms with E-state index in [0.29, 0.717) is 16.6 Å². The zero-order chi connectivity index (χ0) is 20.0. The summed E-state index contributed by atoms with van der Waals surface area (Å²) >= 11 is 0. The minimum absolute atomic E-state index is 0.648. The topological polar surface area (TPSA) is 26.0 Å². The van der Waals surface area contributed by atoms with E-state index >= 15 is 0 Å². The maximum absolute atomic E-state index is 5.71. The van der Waals surface area contributed by atoms with Crippen molar-refractivity contribution in [1.82, 2.24) is 0 Å². The van der Waals surface area contributed by atoms with Crippen LogP contribution in [0.15, 0.2) is 48.5 Å². The number of nitrogens with two attached hydrogens (primary N) is 1. The Morgan fingerprint density at radius 3 is 1.30 bits per heavy atom. The lowest BCUT2D eigenvalue weighted by Crippen LogP contribution is -2.43. The van der Waals surface area contributed by atoms with E-state index in [9.17, 15) is 0 Å². The summed E-state index contributed by atoms with van der Waals surface area (Å²) in [5.41, 5.74) is 15.2. The molecule has 0 amide bonds. The van der Waals surface area contributed by atoms with Crippen molar-refractivity contribution >= 4 is 13.8 Å². The molecule has 0 radical (unpaired) electrons. The summed E-state index contributed by atoms with van der Waals surface area (Å²) in [6.07, 6.45) is 0. The van der Waals surface area contributed by atoms with Crippen molar-refractivity contribution in [2.24, 2.45) is 0 Å². The smallest absolute Gasteiger partial charge is 0.146 e. The van der Waals surface area contributed by atoms with Gasteiger partial charge in [0.15, 0.2) is 0 Å². The summed E-state index contributed by atoms with van der Waals surface area (Å²) in [5, 5.41) is 0. The molecule has 0 spiro atoms. The first-order valence-electron chi connectivity index (χ1n) is 9.76. The number of benzene rings is 2. The van der Waals surface area contributed by atoms with E-state index in [1.54, 1.807) is 0 Å². The van der Waals surface area contributed by atoms with Crippen molar-refractivity contribution in [2.45, 2.75) is 58.2 Å². The third-order valence-corrected chi connectivity index (χ3v) is 11.7. The van der Waals surface area contributed by atoms with Gasteiger partial charge >= 0.3 is 0 Å². The molecule has 2 heteroatoms. The van der Waals surface area contributed by atoms with Crippen LogP contribution in [0, 0.1) is 23.3 Å². The monoisotopic (exact) mass is 373 g/mol. The van der Waals surface area contributed by atoms with Gasteiger partial charge in [-0.3, -0.25) is 0 Å². The van der Waals surface area contributed by atoms with E-state index in [1.165, 1.54) is 0 Å². The van der Waals surface area contributed by atoms with Crippen molar-refractivity contribution in [1.29, 1.82) is 0 Å². The molecular weight excluding hydrogens is 342 g/mol. The van der Waals surface area contributed by atoms with Gasteiger partial charge in [-0.15, -0.1) is 5.54 Å². The Kier molecular flexibility index (Phi) is 6.95. The summed E-state index contributed by atoms with van der Waals surface area (Å²) in [5.74, 6) is 9.86. The molecule has 140 valence electrons. The first-order chi connectivity index (χ1) is 12.8. The molecule has 0 unspecified atom stereocenters. The van der Waals surface area contributed by atoms with E-state index in [-0.39, 0.29) is 0 Å². The van der Waals surface area contributed by atoms with Crippen LogP contribution in [-0.4, -0.2) is 8.07 Å². The van der Waals surface area contributed by atoms with Crippen LogP contribution in [0.2, 0.25) is 16.6 Å². The van der Waals surface area contributed by atoms with E-state index in [1.807, 2.05) is 24.3 Å². The van der Waals surface area contributed by atoms with Gasteiger partial charge in [0.1, 0.15) is 8.07 Å². The molecule has 2 rings (SSSR count). The average molecular weight is 374 g/mol. The van der Waals surface area contributed by atoms with Crippen LogP contribution in [0.1, 0.15) is 58.2 Å². The molecule has 0 aliphatic heterocycles. The molecule has 2 N–H and O–H groups in total. The molecule has 0 bridgehead atoms. The van der Waals surface area contributed by atoms with Gasteiger partial charge in [-0.2, -0.15) is 0 Å². The zero-order valence-corrected chi connectivity index (χ0v) is 18.4. The van der Waals surface area contributed by atoms with Gasteiger partial charge in [-0.1, -0.05) is 59.3 Å². The first kappa shape index (κ1) is 20.9. The molecule has 0 fully saturated rings.